The molecule has 0 N–H and O–H groups in total. The summed E-state index contributed by atoms with van der Waals surface area (Å²) in [6.45, 7) is 0. The Hall–Kier alpha value is -3.19. The van der Waals surface area contributed by atoms with Crippen LogP contribution in [0.2, 0.25) is 0 Å². The average Bonchev–Trinajstić information content (AvgIpc) is 3.54. The van der Waals surface area contributed by atoms with Crippen LogP contribution in [-0.4, -0.2) is 28.3 Å². The second-order valence-corrected chi connectivity index (χ2v) is 8.08. The third-order valence-corrected chi connectivity index (χ3v) is 5.93. The minimum absolute atomic E-state index is 0.404. The van der Waals surface area contributed by atoms with E-state index in [0.717, 1.165) is 34.9 Å². The highest BCUT2D eigenvalue weighted by Crippen LogP contribution is 2.40. The fraction of sp³-hybridized carbons (Fsp3) is 0.217. The van der Waals surface area contributed by atoms with E-state index in [0.29, 0.717) is 34.0 Å². The summed E-state index contributed by atoms with van der Waals surface area (Å²) in [7, 11) is 1.39. The standard InChI is InChI=1S/C23H19N3O3S/c1-28-22(27)20-18(13-30-23-26-25-21(29-23)15-11-12-15)24-17-10-6-5-9-16(17)19(20)14-7-3-2-4-8-14/h2-10,15H,11-13H2,1H3. The Morgan fingerprint density at radius 1 is 1.10 bits per heavy atom. The largest absolute Gasteiger partial charge is 0.465 e. The van der Waals surface area contributed by atoms with E-state index < -0.39 is 5.97 Å². The predicted octanol–water partition coefficient (Wildman–Crippen LogP) is 5.24. The van der Waals surface area contributed by atoms with Crippen molar-refractivity contribution in [1.82, 2.24) is 15.2 Å². The molecule has 2 aromatic carbocycles. The molecule has 1 fully saturated rings. The van der Waals surface area contributed by atoms with Crippen LogP contribution in [0.25, 0.3) is 22.0 Å². The minimum Gasteiger partial charge on any atom is -0.465 e. The first-order valence-electron chi connectivity index (χ1n) is 9.76. The van der Waals surface area contributed by atoms with Crippen LogP contribution in [0, 0.1) is 0 Å². The van der Waals surface area contributed by atoms with E-state index in [2.05, 4.69) is 10.2 Å². The van der Waals surface area contributed by atoms with E-state index in [1.807, 2.05) is 54.6 Å². The Morgan fingerprint density at radius 3 is 2.63 bits per heavy atom. The van der Waals surface area contributed by atoms with Crippen molar-refractivity contribution in [2.24, 2.45) is 0 Å². The fourth-order valence-electron chi connectivity index (χ4n) is 3.50. The molecule has 0 radical (unpaired) electrons. The lowest BCUT2D eigenvalue weighted by atomic mass is 9.94. The number of fused-ring (bicyclic) bond motifs is 1. The molecule has 0 bridgehead atoms. The first-order chi connectivity index (χ1) is 14.7. The van der Waals surface area contributed by atoms with Crippen molar-refractivity contribution in [2.75, 3.05) is 7.11 Å². The van der Waals surface area contributed by atoms with Crippen molar-refractivity contribution in [2.45, 2.75) is 29.7 Å². The predicted molar refractivity (Wildman–Crippen MR) is 114 cm³/mol. The van der Waals surface area contributed by atoms with Crippen LogP contribution in [0.4, 0.5) is 0 Å². The maximum Gasteiger partial charge on any atom is 0.340 e. The lowest BCUT2D eigenvalue weighted by Gasteiger charge is -2.15. The fourth-order valence-corrected chi connectivity index (χ4v) is 4.21. The molecular formula is C23H19N3O3S. The smallest absolute Gasteiger partial charge is 0.340 e. The van der Waals surface area contributed by atoms with E-state index >= 15 is 0 Å². The maximum atomic E-state index is 12.9. The Kier molecular flexibility index (Phi) is 4.96. The van der Waals surface area contributed by atoms with E-state index in [9.17, 15) is 4.79 Å². The van der Waals surface area contributed by atoms with Gasteiger partial charge in [0.05, 0.1) is 23.9 Å². The van der Waals surface area contributed by atoms with Gasteiger partial charge in [-0.25, -0.2) is 4.79 Å². The van der Waals surface area contributed by atoms with E-state index in [-0.39, 0.29) is 0 Å². The third kappa shape index (κ3) is 3.57. The van der Waals surface area contributed by atoms with Crippen molar-refractivity contribution in [3.8, 4) is 11.1 Å². The molecule has 0 atom stereocenters. The zero-order valence-electron chi connectivity index (χ0n) is 16.4. The lowest BCUT2D eigenvalue weighted by molar-refractivity contribution is 0.0600. The monoisotopic (exact) mass is 417 g/mol. The van der Waals surface area contributed by atoms with E-state index in [1.165, 1.54) is 18.9 Å². The van der Waals surface area contributed by atoms with Crippen LogP contribution in [-0.2, 0) is 10.5 Å². The van der Waals surface area contributed by atoms with Crippen molar-refractivity contribution in [3.05, 3.63) is 71.7 Å². The Morgan fingerprint density at radius 2 is 1.87 bits per heavy atom. The summed E-state index contributed by atoms with van der Waals surface area (Å²) in [5.41, 5.74) is 3.70. The van der Waals surface area contributed by atoms with Gasteiger partial charge in [0.1, 0.15) is 0 Å². The second kappa shape index (κ2) is 7.91. The number of thioether (sulfide) groups is 1. The average molecular weight is 417 g/mol. The molecule has 30 heavy (non-hydrogen) atoms. The Balaban J connectivity index is 1.61. The summed E-state index contributed by atoms with van der Waals surface area (Å²) in [5.74, 6) is 1.11. The molecule has 0 amide bonds. The summed E-state index contributed by atoms with van der Waals surface area (Å²) in [6.07, 6.45) is 2.21. The lowest BCUT2D eigenvalue weighted by Crippen LogP contribution is -2.10. The zero-order valence-corrected chi connectivity index (χ0v) is 17.2. The molecular weight excluding hydrogens is 398 g/mol. The molecule has 0 saturated heterocycles. The molecule has 7 heteroatoms. The van der Waals surface area contributed by atoms with Crippen LogP contribution in [0.5, 0.6) is 0 Å². The molecule has 1 aliphatic carbocycles. The molecule has 6 nitrogen and oxygen atoms in total. The molecule has 150 valence electrons. The van der Waals surface area contributed by atoms with E-state index in [4.69, 9.17) is 14.1 Å². The summed E-state index contributed by atoms with van der Waals surface area (Å²) in [4.78, 5) is 17.7. The van der Waals surface area contributed by atoms with Gasteiger partial charge in [-0.15, -0.1) is 10.2 Å². The summed E-state index contributed by atoms with van der Waals surface area (Å²) in [6, 6.07) is 17.7. The van der Waals surface area contributed by atoms with Crippen molar-refractivity contribution < 1.29 is 13.9 Å². The Labute approximate surface area is 177 Å². The molecule has 1 aliphatic rings. The number of esters is 1. The van der Waals surface area contributed by atoms with Crippen LogP contribution in [0.1, 0.15) is 40.7 Å². The van der Waals surface area contributed by atoms with Gasteiger partial charge in [-0.05, 0) is 24.5 Å². The molecule has 2 heterocycles. The second-order valence-electron chi connectivity index (χ2n) is 7.15. The van der Waals surface area contributed by atoms with Crippen LogP contribution < -0.4 is 0 Å². The van der Waals surface area contributed by atoms with Gasteiger partial charge in [-0.1, -0.05) is 60.3 Å². The quantitative estimate of drug-likeness (QED) is 0.313. The molecule has 0 unspecified atom stereocenters. The third-order valence-electron chi connectivity index (χ3n) is 5.10. The number of carbonyl (C=O) groups excluding carboxylic acids is 1. The number of pyridine rings is 1. The molecule has 0 spiro atoms. The van der Waals surface area contributed by atoms with Crippen molar-refractivity contribution in [1.29, 1.82) is 0 Å². The first-order valence-corrected chi connectivity index (χ1v) is 10.7. The summed E-state index contributed by atoms with van der Waals surface area (Å²) >= 11 is 1.38. The summed E-state index contributed by atoms with van der Waals surface area (Å²) in [5, 5.41) is 9.66. The van der Waals surface area contributed by atoms with Gasteiger partial charge in [0, 0.05) is 22.6 Å². The van der Waals surface area contributed by atoms with Crippen LogP contribution >= 0.6 is 11.8 Å². The number of rotatable bonds is 6. The Bertz CT molecular complexity index is 1220. The topological polar surface area (TPSA) is 78.1 Å². The molecule has 4 aromatic rings. The number of benzene rings is 2. The molecule has 0 aliphatic heterocycles. The van der Waals surface area contributed by atoms with Gasteiger partial charge in [-0.3, -0.25) is 4.98 Å². The number of methoxy groups -OCH3 is 1. The maximum absolute atomic E-state index is 12.9. The number of nitrogens with zero attached hydrogens (tertiary/aromatic N) is 3. The van der Waals surface area contributed by atoms with Gasteiger partial charge in [0.25, 0.3) is 5.22 Å². The zero-order chi connectivity index (χ0) is 20.5. The van der Waals surface area contributed by atoms with Gasteiger partial charge >= 0.3 is 5.97 Å². The molecule has 2 aromatic heterocycles. The number of ether oxygens (including phenoxy) is 1. The number of para-hydroxylation sites is 1. The molecule has 1 saturated carbocycles. The van der Waals surface area contributed by atoms with Gasteiger partial charge in [0.2, 0.25) is 5.89 Å². The van der Waals surface area contributed by atoms with E-state index in [1.54, 1.807) is 0 Å². The van der Waals surface area contributed by atoms with Gasteiger partial charge in [-0.2, -0.15) is 0 Å². The first kappa shape index (κ1) is 18.8. The van der Waals surface area contributed by atoms with Crippen LogP contribution in [0.3, 0.4) is 0 Å². The van der Waals surface area contributed by atoms with Crippen molar-refractivity contribution >= 4 is 28.6 Å². The highest BCUT2D eigenvalue weighted by molar-refractivity contribution is 7.98. The molecule has 5 rings (SSSR count). The minimum atomic E-state index is -0.410. The number of hydrogen-bond acceptors (Lipinski definition) is 7. The number of hydrogen-bond donors (Lipinski definition) is 0. The normalized spacial score (nSPS) is 13.5. The highest BCUT2D eigenvalue weighted by Gasteiger charge is 2.30. The summed E-state index contributed by atoms with van der Waals surface area (Å²) < 4.78 is 10.9. The van der Waals surface area contributed by atoms with Crippen LogP contribution in [0.15, 0.2) is 64.2 Å². The van der Waals surface area contributed by atoms with Crippen molar-refractivity contribution in [3.63, 3.8) is 0 Å². The van der Waals surface area contributed by atoms with Gasteiger partial charge < -0.3 is 9.15 Å². The van der Waals surface area contributed by atoms with Gasteiger partial charge in [0.15, 0.2) is 0 Å². The number of aromatic nitrogens is 3. The SMILES string of the molecule is COC(=O)c1c(CSc2nnc(C3CC3)o2)nc2ccccc2c1-c1ccccc1. The number of carbonyl (C=O) groups is 1. The highest BCUT2D eigenvalue weighted by atomic mass is 32.2.